The van der Waals surface area contributed by atoms with E-state index in [9.17, 15) is 0 Å². The van der Waals surface area contributed by atoms with Crippen LogP contribution >= 0.6 is 11.8 Å². The Morgan fingerprint density at radius 1 is 1.37 bits per heavy atom. The van der Waals surface area contributed by atoms with E-state index in [0.29, 0.717) is 17.1 Å². The molecule has 1 N–H and O–H groups in total. The van der Waals surface area contributed by atoms with Crippen molar-refractivity contribution in [2.45, 2.75) is 11.6 Å². The molecule has 0 atom stereocenters. The maximum Gasteiger partial charge on any atom is 0.257 e. The minimum Gasteiger partial charge on any atom is -0.385 e. The van der Waals surface area contributed by atoms with Crippen LogP contribution < -0.4 is 5.32 Å². The molecule has 0 spiro atoms. The van der Waals surface area contributed by atoms with Crippen molar-refractivity contribution in [2.24, 2.45) is 0 Å². The Morgan fingerprint density at radius 2 is 2.26 bits per heavy atom. The first-order valence-corrected chi connectivity index (χ1v) is 6.72. The SMILES string of the molecule is CNc1nc(SCCCOC)nc(-n2cncn2)n1. The maximum absolute atomic E-state index is 5.01. The second kappa shape index (κ2) is 7.00. The van der Waals surface area contributed by atoms with Gasteiger partial charge in [0.2, 0.25) is 5.95 Å². The molecule has 0 aliphatic rings. The fraction of sp³-hybridized carbons (Fsp3) is 0.500. The molecule has 2 aromatic rings. The van der Waals surface area contributed by atoms with Crippen molar-refractivity contribution in [1.29, 1.82) is 0 Å². The Balaban J connectivity index is 2.12. The van der Waals surface area contributed by atoms with Crippen LogP contribution in [0.15, 0.2) is 17.8 Å². The third-order valence-corrected chi connectivity index (χ3v) is 3.11. The van der Waals surface area contributed by atoms with Crippen LogP contribution in [0.2, 0.25) is 0 Å². The smallest absolute Gasteiger partial charge is 0.257 e. The standard InChI is InChI=1S/C10H15N7OS/c1-11-8-14-9(17-7-12-6-13-17)16-10(15-8)19-5-3-4-18-2/h6-7H,3-5H2,1-2H3,(H,11,14,15,16). The van der Waals surface area contributed by atoms with Gasteiger partial charge in [-0.2, -0.15) is 24.7 Å². The van der Waals surface area contributed by atoms with Gasteiger partial charge < -0.3 is 10.1 Å². The number of methoxy groups -OCH3 is 1. The third-order valence-electron chi connectivity index (χ3n) is 2.17. The van der Waals surface area contributed by atoms with Crippen molar-refractivity contribution in [3.63, 3.8) is 0 Å². The van der Waals surface area contributed by atoms with Gasteiger partial charge in [0.05, 0.1) is 0 Å². The Hall–Kier alpha value is -1.74. The number of thioether (sulfide) groups is 1. The molecule has 2 aromatic heterocycles. The highest BCUT2D eigenvalue weighted by Crippen LogP contribution is 2.16. The molecule has 0 saturated carbocycles. The average Bonchev–Trinajstić information content (AvgIpc) is 2.97. The molecule has 2 heterocycles. The van der Waals surface area contributed by atoms with Crippen molar-refractivity contribution in [3.05, 3.63) is 12.7 Å². The number of nitrogens with one attached hydrogen (secondary N) is 1. The number of hydrogen-bond acceptors (Lipinski definition) is 8. The van der Waals surface area contributed by atoms with Gasteiger partial charge in [0.1, 0.15) is 12.7 Å². The first kappa shape index (κ1) is 13.7. The van der Waals surface area contributed by atoms with Crippen molar-refractivity contribution in [2.75, 3.05) is 31.8 Å². The monoisotopic (exact) mass is 281 g/mol. The molecule has 9 heteroatoms. The van der Waals surface area contributed by atoms with E-state index in [2.05, 4.69) is 30.4 Å². The van der Waals surface area contributed by atoms with Crippen molar-refractivity contribution in [3.8, 4) is 5.95 Å². The van der Waals surface area contributed by atoms with Crippen LogP contribution in [0.25, 0.3) is 5.95 Å². The van der Waals surface area contributed by atoms with Gasteiger partial charge in [0.15, 0.2) is 5.16 Å². The number of anilines is 1. The molecule has 0 aliphatic carbocycles. The summed E-state index contributed by atoms with van der Waals surface area (Å²) in [5.41, 5.74) is 0. The summed E-state index contributed by atoms with van der Waals surface area (Å²) in [6.45, 7) is 0.729. The summed E-state index contributed by atoms with van der Waals surface area (Å²) in [4.78, 5) is 16.7. The first-order valence-electron chi connectivity index (χ1n) is 5.74. The average molecular weight is 281 g/mol. The lowest BCUT2D eigenvalue weighted by molar-refractivity contribution is 0.200. The summed E-state index contributed by atoms with van der Waals surface area (Å²) in [5, 5.41) is 7.57. The van der Waals surface area contributed by atoms with Gasteiger partial charge in [0, 0.05) is 26.5 Å². The summed E-state index contributed by atoms with van der Waals surface area (Å²) in [7, 11) is 3.45. The Labute approximate surface area is 115 Å². The third kappa shape index (κ3) is 3.86. The van der Waals surface area contributed by atoms with E-state index in [1.807, 2.05) is 0 Å². The molecule has 0 saturated heterocycles. The fourth-order valence-corrected chi connectivity index (χ4v) is 2.04. The van der Waals surface area contributed by atoms with Gasteiger partial charge >= 0.3 is 0 Å². The minimum absolute atomic E-state index is 0.450. The Kier molecular flexibility index (Phi) is 5.04. The van der Waals surface area contributed by atoms with Gasteiger partial charge in [-0.3, -0.25) is 0 Å². The second-order valence-electron chi connectivity index (χ2n) is 3.53. The van der Waals surface area contributed by atoms with Gasteiger partial charge in [-0.15, -0.1) is 0 Å². The molecule has 0 aromatic carbocycles. The van der Waals surface area contributed by atoms with Crippen LogP contribution in [-0.4, -0.2) is 56.2 Å². The molecule has 0 unspecified atom stereocenters. The molecule has 0 radical (unpaired) electrons. The Morgan fingerprint density at radius 3 is 2.95 bits per heavy atom. The molecule has 8 nitrogen and oxygen atoms in total. The fourth-order valence-electron chi connectivity index (χ4n) is 1.30. The van der Waals surface area contributed by atoms with Crippen molar-refractivity contribution >= 4 is 17.7 Å². The number of rotatable bonds is 7. The number of aromatic nitrogens is 6. The molecule has 102 valence electrons. The number of ether oxygens (including phenoxy) is 1. The van der Waals surface area contributed by atoms with Crippen LogP contribution in [-0.2, 0) is 4.74 Å². The first-order chi connectivity index (χ1) is 9.33. The summed E-state index contributed by atoms with van der Waals surface area (Å²) in [6, 6.07) is 0. The quantitative estimate of drug-likeness (QED) is 0.583. The topological polar surface area (TPSA) is 90.6 Å². The molecular formula is C10H15N7OS. The second-order valence-corrected chi connectivity index (χ2v) is 4.59. The van der Waals surface area contributed by atoms with E-state index in [1.165, 1.54) is 11.0 Å². The van der Waals surface area contributed by atoms with E-state index in [4.69, 9.17) is 4.74 Å². The molecule has 0 fully saturated rings. The lowest BCUT2D eigenvalue weighted by atomic mass is 10.5. The van der Waals surface area contributed by atoms with E-state index in [1.54, 1.807) is 32.2 Å². The van der Waals surface area contributed by atoms with Gasteiger partial charge in [-0.1, -0.05) is 11.8 Å². The van der Waals surface area contributed by atoms with Crippen LogP contribution in [0, 0.1) is 0 Å². The van der Waals surface area contributed by atoms with Crippen LogP contribution in [0.1, 0.15) is 6.42 Å². The zero-order chi connectivity index (χ0) is 13.5. The van der Waals surface area contributed by atoms with Crippen LogP contribution in [0.5, 0.6) is 0 Å². The predicted molar refractivity (Wildman–Crippen MR) is 71.5 cm³/mol. The van der Waals surface area contributed by atoms with Crippen LogP contribution in [0.4, 0.5) is 5.95 Å². The van der Waals surface area contributed by atoms with Crippen LogP contribution in [0.3, 0.4) is 0 Å². The largest absolute Gasteiger partial charge is 0.385 e. The summed E-state index contributed by atoms with van der Waals surface area (Å²) in [6.07, 6.45) is 3.93. The molecule has 0 amide bonds. The van der Waals surface area contributed by atoms with Gasteiger partial charge in [-0.25, -0.2) is 4.98 Å². The van der Waals surface area contributed by atoms with E-state index in [-0.39, 0.29) is 0 Å². The molecule has 19 heavy (non-hydrogen) atoms. The molecular weight excluding hydrogens is 266 g/mol. The van der Waals surface area contributed by atoms with E-state index in [0.717, 1.165) is 18.8 Å². The summed E-state index contributed by atoms with van der Waals surface area (Å²) >= 11 is 1.56. The molecule has 0 bridgehead atoms. The molecule has 0 aliphatic heterocycles. The normalized spacial score (nSPS) is 10.6. The predicted octanol–water partition coefficient (Wildman–Crippen LogP) is 0.623. The minimum atomic E-state index is 0.450. The molecule has 2 rings (SSSR count). The van der Waals surface area contributed by atoms with E-state index < -0.39 is 0 Å². The Bertz CT molecular complexity index is 505. The zero-order valence-corrected chi connectivity index (χ0v) is 11.6. The highest BCUT2D eigenvalue weighted by atomic mass is 32.2. The summed E-state index contributed by atoms with van der Waals surface area (Å²) < 4.78 is 6.51. The van der Waals surface area contributed by atoms with Crippen molar-refractivity contribution in [1.82, 2.24) is 29.7 Å². The van der Waals surface area contributed by atoms with Crippen molar-refractivity contribution < 1.29 is 4.74 Å². The highest BCUT2D eigenvalue weighted by molar-refractivity contribution is 7.99. The number of nitrogens with zero attached hydrogens (tertiary/aromatic N) is 6. The zero-order valence-electron chi connectivity index (χ0n) is 10.8. The lowest BCUT2D eigenvalue weighted by Gasteiger charge is -2.05. The summed E-state index contributed by atoms with van der Waals surface area (Å²) in [5.74, 6) is 1.85. The number of hydrogen-bond donors (Lipinski definition) is 1. The van der Waals surface area contributed by atoms with Gasteiger partial charge in [0.25, 0.3) is 5.95 Å². The van der Waals surface area contributed by atoms with Gasteiger partial charge in [-0.05, 0) is 6.42 Å². The van der Waals surface area contributed by atoms with E-state index >= 15 is 0 Å². The lowest BCUT2D eigenvalue weighted by Crippen LogP contribution is -2.08. The maximum atomic E-state index is 5.01. The highest BCUT2D eigenvalue weighted by Gasteiger charge is 2.08.